The monoisotopic (exact) mass is 623 g/mol. The van der Waals surface area contributed by atoms with E-state index >= 15 is 0 Å². The Kier molecular flexibility index (Phi) is 11.4. The highest BCUT2D eigenvalue weighted by molar-refractivity contribution is 7.92. The maximum absolute atomic E-state index is 14.0. The number of nitrogens with zero attached hydrogens (tertiary/aromatic N) is 2. The van der Waals surface area contributed by atoms with Crippen molar-refractivity contribution in [1.29, 1.82) is 0 Å². The Balaban J connectivity index is 2.10. The normalized spacial score (nSPS) is 12.4. The van der Waals surface area contributed by atoms with Crippen LogP contribution < -0.4 is 9.62 Å². The number of carbonyl (C=O) groups excluding carboxylic acids is 2. The van der Waals surface area contributed by atoms with Crippen LogP contribution in [0.3, 0.4) is 0 Å². The van der Waals surface area contributed by atoms with Crippen LogP contribution in [-0.4, -0.2) is 44.3 Å². The number of sulfonamides is 1. The number of benzene rings is 3. The maximum atomic E-state index is 14.0. The van der Waals surface area contributed by atoms with Gasteiger partial charge in [-0.05, 0) is 48.7 Å². The number of hydrogen-bond donors (Lipinski definition) is 1. The highest BCUT2D eigenvalue weighted by Gasteiger charge is 2.37. The number of rotatable bonds is 13. The van der Waals surface area contributed by atoms with Crippen molar-refractivity contribution >= 4 is 39.1 Å². The molecule has 0 radical (unpaired) electrons. The molecule has 3 aromatic carbocycles. The van der Waals surface area contributed by atoms with Gasteiger partial charge in [0.25, 0.3) is 10.0 Å². The van der Waals surface area contributed by atoms with Gasteiger partial charge in [-0.25, -0.2) is 8.42 Å². The van der Waals surface area contributed by atoms with E-state index in [0.29, 0.717) is 22.5 Å². The largest absolute Gasteiger partial charge is 0.417 e. The van der Waals surface area contributed by atoms with E-state index in [1.54, 1.807) is 43.3 Å². The zero-order valence-electron chi connectivity index (χ0n) is 23.3. The third-order valence-corrected chi connectivity index (χ3v) is 8.68. The first-order valence-electron chi connectivity index (χ1n) is 13.5. The minimum Gasteiger partial charge on any atom is -0.354 e. The molecule has 0 spiro atoms. The van der Waals surface area contributed by atoms with Crippen molar-refractivity contribution in [2.45, 2.75) is 56.8 Å². The molecule has 0 unspecified atom stereocenters. The Bertz CT molecular complexity index is 1460. The Labute approximate surface area is 249 Å². The first-order chi connectivity index (χ1) is 19.9. The highest BCUT2D eigenvalue weighted by Crippen LogP contribution is 2.38. The fourth-order valence-corrected chi connectivity index (χ4v) is 5.99. The lowest BCUT2D eigenvalue weighted by molar-refractivity contribution is -0.140. The van der Waals surface area contributed by atoms with Crippen molar-refractivity contribution in [3.8, 4) is 0 Å². The van der Waals surface area contributed by atoms with Crippen LogP contribution in [0.25, 0.3) is 0 Å². The summed E-state index contributed by atoms with van der Waals surface area (Å²) in [5.74, 6) is -1.17. The molecule has 226 valence electrons. The first kappa shape index (κ1) is 32.9. The van der Waals surface area contributed by atoms with Crippen molar-refractivity contribution in [3.05, 3.63) is 95.0 Å². The van der Waals surface area contributed by atoms with Gasteiger partial charge in [0.15, 0.2) is 0 Å². The molecule has 0 aliphatic rings. The van der Waals surface area contributed by atoms with Crippen molar-refractivity contribution in [1.82, 2.24) is 10.2 Å². The maximum Gasteiger partial charge on any atom is 0.417 e. The van der Waals surface area contributed by atoms with Crippen molar-refractivity contribution in [3.63, 3.8) is 0 Å². The van der Waals surface area contributed by atoms with Gasteiger partial charge in [0.2, 0.25) is 11.8 Å². The average Bonchev–Trinajstić information content (AvgIpc) is 2.96. The standard InChI is InChI=1S/C30H33ClF3N3O4S/c1-3-5-18-35-29(39)27(4-2)36(20-22-12-8-6-9-13-22)28(38)21-37(42(40,41)24-14-10-7-11-15-24)23-16-17-26(31)25(19-23)30(32,33)34/h6-17,19,27H,3-5,18,20-21H2,1-2H3,(H,35,39)/t27-/m0/s1. The van der Waals surface area contributed by atoms with Crippen LogP contribution in [0.5, 0.6) is 0 Å². The predicted octanol–water partition coefficient (Wildman–Crippen LogP) is 6.28. The molecule has 0 fully saturated rings. The lowest BCUT2D eigenvalue weighted by atomic mass is 10.1. The van der Waals surface area contributed by atoms with Crippen LogP contribution >= 0.6 is 11.6 Å². The van der Waals surface area contributed by atoms with E-state index in [0.717, 1.165) is 25.0 Å². The Hall–Kier alpha value is -3.57. The van der Waals surface area contributed by atoms with Gasteiger partial charge in [-0.2, -0.15) is 13.2 Å². The highest BCUT2D eigenvalue weighted by atomic mass is 35.5. The molecule has 3 rings (SSSR count). The summed E-state index contributed by atoms with van der Waals surface area (Å²) in [4.78, 5) is 28.2. The smallest absolute Gasteiger partial charge is 0.354 e. The molecule has 0 heterocycles. The second kappa shape index (κ2) is 14.6. The third kappa shape index (κ3) is 8.25. The molecule has 2 amide bonds. The number of anilines is 1. The predicted molar refractivity (Wildman–Crippen MR) is 156 cm³/mol. The van der Waals surface area contributed by atoms with E-state index in [4.69, 9.17) is 11.6 Å². The summed E-state index contributed by atoms with van der Waals surface area (Å²) in [5, 5.41) is 2.21. The van der Waals surface area contributed by atoms with Gasteiger partial charge in [0, 0.05) is 13.1 Å². The van der Waals surface area contributed by atoms with Crippen LogP contribution in [0.1, 0.15) is 44.2 Å². The van der Waals surface area contributed by atoms with E-state index in [9.17, 15) is 31.2 Å². The molecule has 7 nitrogen and oxygen atoms in total. The van der Waals surface area contributed by atoms with Gasteiger partial charge in [-0.1, -0.05) is 80.4 Å². The minimum atomic E-state index is -4.87. The molecule has 42 heavy (non-hydrogen) atoms. The molecule has 0 saturated heterocycles. The molecule has 1 N–H and O–H groups in total. The van der Waals surface area contributed by atoms with Gasteiger partial charge in [-0.15, -0.1) is 0 Å². The summed E-state index contributed by atoms with van der Waals surface area (Å²) in [7, 11) is -4.53. The second-order valence-electron chi connectivity index (χ2n) is 9.56. The zero-order valence-corrected chi connectivity index (χ0v) is 24.8. The second-order valence-corrected chi connectivity index (χ2v) is 11.8. The molecule has 0 saturated carbocycles. The summed E-state index contributed by atoms with van der Waals surface area (Å²) in [6.45, 7) is 3.22. The molecule has 0 bridgehead atoms. The van der Waals surface area contributed by atoms with Crippen LogP contribution in [0.2, 0.25) is 5.02 Å². The number of amides is 2. The molecule has 0 aliphatic carbocycles. The van der Waals surface area contributed by atoms with Gasteiger partial charge < -0.3 is 10.2 Å². The number of alkyl halides is 3. The van der Waals surface area contributed by atoms with E-state index < -0.39 is 56.9 Å². The van der Waals surface area contributed by atoms with E-state index in [2.05, 4.69) is 5.32 Å². The number of halogens is 4. The lowest BCUT2D eigenvalue weighted by Crippen LogP contribution is -2.52. The molecule has 1 atom stereocenters. The number of carbonyl (C=O) groups is 2. The Morgan fingerprint density at radius 1 is 0.952 bits per heavy atom. The van der Waals surface area contributed by atoms with E-state index in [1.807, 2.05) is 6.92 Å². The van der Waals surface area contributed by atoms with Gasteiger partial charge in [0.05, 0.1) is 21.2 Å². The number of unbranched alkanes of at least 4 members (excludes halogenated alkanes) is 1. The van der Waals surface area contributed by atoms with Crippen LogP contribution in [0, 0.1) is 0 Å². The van der Waals surface area contributed by atoms with Gasteiger partial charge in [-0.3, -0.25) is 13.9 Å². The Morgan fingerprint density at radius 2 is 1.57 bits per heavy atom. The van der Waals surface area contributed by atoms with E-state index in [1.165, 1.54) is 29.2 Å². The molecule has 0 aromatic heterocycles. The fourth-order valence-electron chi connectivity index (χ4n) is 4.34. The molecular formula is C30H33ClF3N3O4S. The minimum absolute atomic E-state index is 0.0208. The van der Waals surface area contributed by atoms with Gasteiger partial charge in [0.1, 0.15) is 12.6 Å². The topological polar surface area (TPSA) is 86.8 Å². The van der Waals surface area contributed by atoms with Crippen LogP contribution in [0.15, 0.2) is 83.8 Å². The van der Waals surface area contributed by atoms with Crippen LogP contribution in [0.4, 0.5) is 18.9 Å². The average molecular weight is 624 g/mol. The summed E-state index contributed by atoms with van der Waals surface area (Å²) in [6, 6.07) is 17.6. The third-order valence-electron chi connectivity index (χ3n) is 6.56. The number of nitrogens with one attached hydrogen (secondary N) is 1. The Morgan fingerprint density at radius 3 is 2.14 bits per heavy atom. The summed E-state index contributed by atoms with van der Waals surface area (Å²) >= 11 is 5.80. The zero-order chi connectivity index (χ0) is 30.9. The van der Waals surface area contributed by atoms with E-state index in [-0.39, 0.29) is 17.9 Å². The van der Waals surface area contributed by atoms with Crippen LogP contribution in [-0.2, 0) is 32.3 Å². The molecular weight excluding hydrogens is 591 g/mol. The lowest BCUT2D eigenvalue weighted by Gasteiger charge is -2.33. The van der Waals surface area contributed by atoms with Crippen molar-refractivity contribution < 1.29 is 31.2 Å². The quantitative estimate of drug-likeness (QED) is 0.227. The van der Waals surface area contributed by atoms with Crippen molar-refractivity contribution in [2.24, 2.45) is 0 Å². The number of hydrogen-bond acceptors (Lipinski definition) is 4. The molecule has 0 aliphatic heterocycles. The van der Waals surface area contributed by atoms with Crippen molar-refractivity contribution in [2.75, 3.05) is 17.4 Å². The SMILES string of the molecule is CCCCNC(=O)[C@H](CC)N(Cc1ccccc1)C(=O)CN(c1ccc(Cl)c(C(F)(F)F)c1)S(=O)(=O)c1ccccc1. The summed E-state index contributed by atoms with van der Waals surface area (Å²) in [5.41, 5.74) is -0.955. The molecule has 12 heteroatoms. The molecule has 3 aromatic rings. The van der Waals surface area contributed by atoms with Gasteiger partial charge >= 0.3 is 6.18 Å². The fraction of sp³-hybridized carbons (Fsp3) is 0.333. The first-order valence-corrected chi connectivity index (χ1v) is 15.3. The summed E-state index contributed by atoms with van der Waals surface area (Å²) < 4.78 is 69.5. The summed E-state index contributed by atoms with van der Waals surface area (Å²) in [6.07, 6.45) is -3.07.